The summed E-state index contributed by atoms with van der Waals surface area (Å²) in [6.45, 7) is 14.2. The second-order valence-corrected chi connectivity index (χ2v) is 18.7. The Labute approximate surface area is 396 Å². The van der Waals surface area contributed by atoms with Gasteiger partial charge in [0.25, 0.3) is 0 Å². The largest absolute Gasteiger partial charge is 0.513 e. The van der Waals surface area contributed by atoms with Crippen LogP contribution in [0.25, 0.3) is 54.2 Å². The summed E-state index contributed by atoms with van der Waals surface area (Å²) in [5.74, 6) is 2.15. The molecule has 0 aliphatic heterocycles. The molecule has 6 aromatic rings. The van der Waals surface area contributed by atoms with Crippen LogP contribution >= 0.6 is 0 Å². The van der Waals surface area contributed by atoms with Crippen LogP contribution in [0.5, 0.6) is 11.5 Å². The van der Waals surface area contributed by atoms with Gasteiger partial charge in [0.15, 0.2) is 0 Å². The molecule has 0 amide bonds. The first-order valence-electron chi connectivity index (χ1n) is 26.0. The number of rotatable bonds is 27. The normalized spacial score (nSPS) is 12.5. The molecule has 0 saturated heterocycles. The smallest absolute Gasteiger partial charge is 0.434 e. The second-order valence-electron chi connectivity index (χ2n) is 18.7. The number of carbonyl (C=O) groups excluding carboxylic acids is 2. The molecular weight excluding hydrogens is 817 g/mol. The van der Waals surface area contributed by atoms with Gasteiger partial charge in [-0.15, -0.1) is 0 Å². The molecule has 2 atom stereocenters. The second kappa shape index (κ2) is 26.3. The molecule has 6 aromatic carbocycles. The molecule has 66 heavy (non-hydrogen) atoms. The van der Waals surface area contributed by atoms with Crippen LogP contribution in [0.15, 0.2) is 84.9 Å². The van der Waals surface area contributed by atoms with Crippen molar-refractivity contribution in [2.24, 2.45) is 11.8 Å². The Morgan fingerprint density at radius 1 is 0.409 bits per heavy atom. The van der Waals surface area contributed by atoms with Crippen molar-refractivity contribution in [1.82, 2.24) is 0 Å². The minimum absolute atomic E-state index is 0.329. The molecule has 0 heterocycles. The van der Waals surface area contributed by atoms with Crippen molar-refractivity contribution >= 4 is 55.4 Å². The lowest BCUT2D eigenvalue weighted by molar-refractivity contribution is 0.0972. The monoisotopic (exact) mass is 895 g/mol. The molecule has 0 saturated carbocycles. The summed E-state index contributed by atoms with van der Waals surface area (Å²) in [5.41, 5.74) is 4.66. The first-order valence-corrected chi connectivity index (χ1v) is 26.0. The molecule has 0 fully saturated rings. The van der Waals surface area contributed by atoms with Gasteiger partial charge in [-0.1, -0.05) is 229 Å². The highest BCUT2D eigenvalue weighted by Gasteiger charge is 2.26. The standard InChI is InChI=1S/C60H78O6/c1-7-13-17-19-25-37-63-59(61)65-57-49-31-23-21-29-47(49)55(53-41-45(33-35-51(53)57)39-43(11-5)27-15-9-3)56-48-30-22-24-32-50(48)58(66-60(62)64-38-26-20-18-14-8-2)52-36-34-46(42-54(52)56)40-44(12-6)28-16-10-4/h21-24,29-36,41-44H,7-20,25-28,37-40H2,1-6H3. The zero-order valence-electron chi connectivity index (χ0n) is 41.2. The van der Waals surface area contributed by atoms with Crippen molar-refractivity contribution < 1.29 is 28.5 Å². The van der Waals surface area contributed by atoms with E-state index in [1.807, 2.05) is 12.1 Å². The van der Waals surface area contributed by atoms with Crippen LogP contribution in [0.2, 0.25) is 0 Å². The third-order valence-corrected chi connectivity index (χ3v) is 13.8. The molecule has 2 unspecified atom stereocenters. The van der Waals surface area contributed by atoms with Crippen LogP contribution in [0.4, 0.5) is 9.59 Å². The zero-order chi connectivity index (χ0) is 46.7. The van der Waals surface area contributed by atoms with E-state index >= 15 is 0 Å². The van der Waals surface area contributed by atoms with Crippen molar-refractivity contribution in [2.75, 3.05) is 13.2 Å². The van der Waals surface area contributed by atoms with Crippen LogP contribution in [0.3, 0.4) is 0 Å². The number of benzene rings is 6. The highest BCUT2D eigenvalue weighted by atomic mass is 16.7. The van der Waals surface area contributed by atoms with Gasteiger partial charge in [0.2, 0.25) is 0 Å². The third-order valence-electron chi connectivity index (χ3n) is 13.8. The third kappa shape index (κ3) is 13.1. The molecule has 0 radical (unpaired) electrons. The van der Waals surface area contributed by atoms with E-state index in [1.54, 1.807) is 0 Å². The lowest BCUT2D eigenvalue weighted by Crippen LogP contribution is -2.12. The minimum Gasteiger partial charge on any atom is -0.434 e. The maximum atomic E-state index is 13.6. The first kappa shape index (κ1) is 50.3. The zero-order valence-corrected chi connectivity index (χ0v) is 41.2. The molecule has 6 heteroatoms. The Hall–Kier alpha value is -5.10. The average Bonchev–Trinajstić information content (AvgIpc) is 3.34. The SMILES string of the molecule is CCCCCCCOC(=O)Oc1c2ccccc2c(-c2c3ccccc3c(OC(=O)OCCCCCCC)c3ccc(CC(CC)CCCC)cc23)c2cc(CC(CC)CCCC)ccc12. The van der Waals surface area contributed by atoms with E-state index < -0.39 is 12.3 Å². The average molecular weight is 895 g/mol. The lowest BCUT2D eigenvalue weighted by Gasteiger charge is -2.23. The Morgan fingerprint density at radius 3 is 1.15 bits per heavy atom. The topological polar surface area (TPSA) is 71.1 Å². The van der Waals surface area contributed by atoms with Crippen LogP contribution in [0.1, 0.15) is 168 Å². The molecular formula is C60H78O6. The molecule has 0 bridgehead atoms. The summed E-state index contributed by atoms with van der Waals surface area (Å²) in [6.07, 6.45) is 20.5. The van der Waals surface area contributed by atoms with Crippen LogP contribution in [0, 0.1) is 11.8 Å². The Kier molecular flexibility index (Phi) is 20.0. The predicted octanol–water partition coefficient (Wildman–Crippen LogP) is 18.5. The van der Waals surface area contributed by atoms with E-state index in [0.717, 1.165) is 131 Å². The van der Waals surface area contributed by atoms with Gasteiger partial charge >= 0.3 is 12.3 Å². The summed E-state index contributed by atoms with van der Waals surface area (Å²) >= 11 is 0. The van der Waals surface area contributed by atoms with E-state index in [-0.39, 0.29) is 0 Å². The molecule has 6 rings (SSSR count). The number of fused-ring (bicyclic) bond motifs is 4. The van der Waals surface area contributed by atoms with Crippen molar-refractivity contribution in [3.05, 3.63) is 96.1 Å². The van der Waals surface area contributed by atoms with Crippen molar-refractivity contribution in [2.45, 2.75) is 170 Å². The van der Waals surface area contributed by atoms with Gasteiger partial charge in [-0.05, 0) is 81.3 Å². The molecule has 0 N–H and O–H groups in total. The quantitative estimate of drug-likeness (QED) is 0.0222. The Morgan fingerprint density at radius 2 is 0.773 bits per heavy atom. The summed E-state index contributed by atoms with van der Waals surface area (Å²) in [7, 11) is 0. The Bertz CT molecular complexity index is 2310. The molecule has 0 aliphatic rings. The number of ether oxygens (including phenoxy) is 4. The van der Waals surface area contributed by atoms with E-state index in [4.69, 9.17) is 18.9 Å². The number of carbonyl (C=O) groups is 2. The highest BCUT2D eigenvalue weighted by molar-refractivity contribution is 6.27. The van der Waals surface area contributed by atoms with Crippen molar-refractivity contribution in [1.29, 1.82) is 0 Å². The van der Waals surface area contributed by atoms with E-state index in [1.165, 1.54) is 62.5 Å². The van der Waals surface area contributed by atoms with Gasteiger partial charge < -0.3 is 18.9 Å². The molecule has 6 nitrogen and oxygen atoms in total. The van der Waals surface area contributed by atoms with Crippen molar-refractivity contribution in [3.8, 4) is 22.6 Å². The molecule has 0 aliphatic carbocycles. The highest BCUT2D eigenvalue weighted by Crippen LogP contribution is 2.50. The number of unbranched alkanes of at least 4 members (excludes halogenated alkanes) is 10. The van der Waals surface area contributed by atoms with E-state index in [9.17, 15) is 9.59 Å². The number of hydrogen-bond donors (Lipinski definition) is 0. The molecule has 354 valence electrons. The maximum Gasteiger partial charge on any atom is 0.513 e. The van der Waals surface area contributed by atoms with Gasteiger partial charge in [-0.2, -0.15) is 0 Å². The Balaban J connectivity index is 1.59. The maximum absolute atomic E-state index is 13.6. The molecule has 0 spiro atoms. The predicted molar refractivity (Wildman–Crippen MR) is 277 cm³/mol. The van der Waals surface area contributed by atoms with Crippen LogP contribution in [-0.4, -0.2) is 25.5 Å². The summed E-state index contributed by atoms with van der Waals surface area (Å²) in [5, 5.41) is 7.37. The lowest BCUT2D eigenvalue weighted by atomic mass is 9.83. The fraction of sp³-hybridized carbons (Fsp3) is 0.500. The van der Waals surface area contributed by atoms with Gasteiger partial charge in [0.1, 0.15) is 11.5 Å². The van der Waals surface area contributed by atoms with Crippen LogP contribution < -0.4 is 9.47 Å². The van der Waals surface area contributed by atoms with Gasteiger partial charge in [0, 0.05) is 21.5 Å². The van der Waals surface area contributed by atoms with E-state index in [2.05, 4.69) is 114 Å². The van der Waals surface area contributed by atoms with Gasteiger partial charge in [0.05, 0.1) is 13.2 Å². The minimum atomic E-state index is -0.678. The first-order chi connectivity index (χ1) is 32.3. The van der Waals surface area contributed by atoms with Crippen molar-refractivity contribution in [3.63, 3.8) is 0 Å². The summed E-state index contributed by atoms with van der Waals surface area (Å²) in [4.78, 5) is 27.2. The van der Waals surface area contributed by atoms with Crippen LogP contribution in [-0.2, 0) is 22.3 Å². The van der Waals surface area contributed by atoms with Gasteiger partial charge in [-0.3, -0.25) is 0 Å². The molecule has 0 aromatic heterocycles. The fourth-order valence-electron chi connectivity index (χ4n) is 9.88. The van der Waals surface area contributed by atoms with Gasteiger partial charge in [-0.25, -0.2) is 9.59 Å². The van der Waals surface area contributed by atoms with E-state index in [0.29, 0.717) is 36.5 Å². The number of hydrogen-bond acceptors (Lipinski definition) is 6. The summed E-state index contributed by atoms with van der Waals surface area (Å²) in [6, 6.07) is 30.1. The summed E-state index contributed by atoms with van der Waals surface area (Å²) < 4.78 is 24.1. The fourth-order valence-corrected chi connectivity index (χ4v) is 9.88.